The van der Waals surface area contributed by atoms with Crippen LogP contribution in [0.15, 0.2) is 36.4 Å². The third kappa shape index (κ3) is 7.39. The maximum absolute atomic E-state index is 6.24. The molecule has 0 aliphatic carbocycles. The second kappa shape index (κ2) is 11.6. The summed E-state index contributed by atoms with van der Waals surface area (Å²) in [4.78, 5) is 0. The van der Waals surface area contributed by atoms with E-state index in [1.807, 2.05) is 0 Å². The van der Waals surface area contributed by atoms with Crippen LogP contribution >= 0.6 is 0 Å². The molecule has 5 rings (SSSR count). The van der Waals surface area contributed by atoms with Crippen LogP contribution in [0, 0.1) is 0 Å². The maximum atomic E-state index is 6.24. The van der Waals surface area contributed by atoms with E-state index in [1.54, 1.807) is 0 Å². The van der Waals surface area contributed by atoms with E-state index in [-0.39, 0.29) is 0 Å². The molecular formula is C27H38O2S2+2. The maximum Gasteiger partial charge on any atom is 0.133 e. The van der Waals surface area contributed by atoms with E-state index in [2.05, 4.69) is 48.9 Å². The summed E-state index contributed by atoms with van der Waals surface area (Å²) in [5.41, 5.74) is 5.77. The summed E-state index contributed by atoms with van der Waals surface area (Å²) in [7, 11) is 0.585. The normalized spacial score (nSPS) is 23.3. The lowest BCUT2D eigenvalue weighted by Gasteiger charge is -2.15. The average molecular weight is 459 g/mol. The molecule has 2 aromatic rings. The van der Waals surface area contributed by atoms with Crippen molar-refractivity contribution >= 4 is 21.8 Å². The lowest BCUT2D eigenvalue weighted by atomic mass is 10.1. The first-order chi connectivity index (χ1) is 15.1. The van der Waals surface area contributed by atoms with Gasteiger partial charge in [0.05, 0.1) is 25.7 Å². The van der Waals surface area contributed by atoms with Gasteiger partial charge in [-0.2, -0.15) is 0 Å². The van der Waals surface area contributed by atoms with E-state index in [0.717, 1.165) is 60.6 Å². The van der Waals surface area contributed by atoms with Crippen molar-refractivity contribution in [3.63, 3.8) is 0 Å². The van der Waals surface area contributed by atoms with Crippen molar-refractivity contribution in [3.05, 3.63) is 58.7 Å². The van der Waals surface area contributed by atoms with Crippen molar-refractivity contribution in [1.29, 1.82) is 0 Å². The minimum Gasteiger partial charge on any atom is -0.494 e. The minimum absolute atomic E-state index is 0.293. The van der Waals surface area contributed by atoms with Crippen molar-refractivity contribution in [3.8, 4) is 11.5 Å². The Hall–Kier alpha value is -1.26. The molecule has 2 nitrogen and oxygen atoms in total. The van der Waals surface area contributed by atoms with Crippen molar-refractivity contribution in [2.75, 3.05) is 25.7 Å². The summed E-state index contributed by atoms with van der Waals surface area (Å²) < 4.78 is 12.5. The molecule has 3 aliphatic rings. The first-order valence-electron chi connectivity index (χ1n) is 11.8. The molecule has 0 radical (unpaired) electrons. The largest absolute Gasteiger partial charge is 0.494 e. The highest BCUT2D eigenvalue weighted by molar-refractivity contribution is 7.95. The standard InChI is InChI=1S/C27H38O2S2/c1-30-18-22-12-24-16-26(14-22)28-10-8-6-4-3-5-7-9-11-29-27-15-23(19-30)13-25(17-27)21-31(2)20-24/h12-17H,3-11,18-21H2,1-2H3/q+2. The second-order valence-electron chi connectivity index (χ2n) is 9.28. The number of ether oxygens (including phenoxy) is 2. The Kier molecular flexibility index (Phi) is 8.55. The highest BCUT2D eigenvalue weighted by atomic mass is 32.2. The van der Waals surface area contributed by atoms with Crippen LogP contribution in [0.4, 0.5) is 0 Å². The molecule has 3 aliphatic heterocycles. The van der Waals surface area contributed by atoms with Crippen molar-refractivity contribution in [2.24, 2.45) is 0 Å². The number of hydrogen-bond acceptors (Lipinski definition) is 2. The molecule has 2 aromatic carbocycles. The molecule has 0 amide bonds. The fourth-order valence-electron chi connectivity index (χ4n) is 4.67. The molecule has 0 saturated heterocycles. The smallest absolute Gasteiger partial charge is 0.133 e. The lowest BCUT2D eigenvalue weighted by Crippen LogP contribution is -2.12. The molecule has 0 unspecified atom stereocenters. The number of hydrogen-bond donors (Lipinski definition) is 0. The van der Waals surface area contributed by atoms with E-state index >= 15 is 0 Å². The topological polar surface area (TPSA) is 18.5 Å². The van der Waals surface area contributed by atoms with Gasteiger partial charge in [-0.05, 0) is 71.0 Å². The first kappa shape index (κ1) is 22.9. The van der Waals surface area contributed by atoms with Gasteiger partial charge in [0, 0.05) is 22.3 Å². The second-order valence-corrected chi connectivity index (χ2v) is 13.6. The van der Waals surface area contributed by atoms with E-state index in [9.17, 15) is 0 Å². The van der Waals surface area contributed by atoms with Gasteiger partial charge in [0.25, 0.3) is 0 Å². The van der Waals surface area contributed by atoms with Crippen LogP contribution < -0.4 is 9.47 Å². The molecule has 0 saturated carbocycles. The third-order valence-corrected chi connectivity index (χ3v) is 9.34. The van der Waals surface area contributed by atoms with Crippen LogP contribution in [-0.4, -0.2) is 25.7 Å². The Bertz CT molecular complexity index is 733. The van der Waals surface area contributed by atoms with Gasteiger partial charge in [0.1, 0.15) is 34.5 Å². The van der Waals surface area contributed by atoms with Crippen LogP contribution in [0.1, 0.15) is 67.2 Å². The molecule has 3 heterocycles. The zero-order valence-corrected chi connectivity index (χ0v) is 20.9. The van der Waals surface area contributed by atoms with Crippen LogP contribution in [0.2, 0.25) is 0 Å². The van der Waals surface area contributed by atoms with Crippen molar-refractivity contribution < 1.29 is 9.47 Å². The predicted octanol–water partition coefficient (Wildman–Crippen LogP) is 6.40. The molecule has 6 bridgehead atoms. The molecule has 0 N–H and O–H groups in total. The number of fused-ring (bicyclic) bond motifs is 14. The van der Waals surface area contributed by atoms with E-state index in [4.69, 9.17) is 9.47 Å². The summed E-state index contributed by atoms with van der Waals surface area (Å²) in [5.74, 6) is 6.68. The molecule has 0 aromatic heterocycles. The zero-order valence-electron chi connectivity index (χ0n) is 19.3. The van der Waals surface area contributed by atoms with Gasteiger partial charge in [-0.3, -0.25) is 0 Å². The quantitative estimate of drug-likeness (QED) is 0.425. The van der Waals surface area contributed by atoms with Gasteiger partial charge < -0.3 is 9.47 Å². The van der Waals surface area contributed by atoms with Gasteiger partial charge in [-0.15, -0.1) is 0 Å². The van der Waals surface area contributed by atoms with Gasteiger partial charge in [-0.25, -0.2) is 0 Å². The molecule has 0 atom stereocenters. The summed E-state index contributed by atoms with van der Waals surface area (Å²) >= 11 is 0. The SMILES string of the molecule is C[S+]1Cc2cc3cc(c2)OCCCCCCCCCOc2cc(cc(c2)C[S+](C)C3)C1. The van der Waals surface area contributed by atoms with E-state index < -0.39 is 0 Å². The first-order valence-corrected chi connectivity index (χ1v) is 15.8. The van der Waals surface area contributed by atoms with Crippen LogP contribution in [-0.2, 0) is 44.8 Å². The highest BCUT2D eigenvalue weighted by Gasteiger charge is 2.21. The fourth-order valence-corrected chi connectivity index (χ4v) is 7.81. The number of benzene rings is 2. The predicted molar refractivity (Wildman–Crippen MR) is 138 cm³/mol. The van der Waals surface area contributed by atoms with Crippen molar-refractivity contribution in [2.45, 2.75) is 68.0 Å². The monoisotopic (exact) mass is 458 g/mol. The molecule has 0 fully saturated rings. The fraction of sp³-hybridized carbons (Fsp3) is 0.556. The van der Waals surface area contributed by atoms with E-state index in [0.29, 0.717) is 21.8 Å². The van der Waals surface area contributed by atoms with Gasteiger partial charge in [0.15, 0.2) is 0 Å². The molecule has 4 heteroatoms. The minimum atomic E-state index is 0.293. The Morgan fingerprint density at radius 2 is 0.806 bits per heavy atom. The Morgan fingerprint density at radius 3 is 1.16 bits per heavy atom. The highest BCUT2D eigenvalue weighted by Crippen LogP contribution is 2.27. The summed E-state index contributed by atoms with van der Waals surface area (Å²) in [5, 5.41) is 0. The molecule has 168 valence electrons. The van der Waals surface area contributed by atoms with Gasteiger partial charge >= 0.3 is 0 Å². The lowest BCUT2D eigenvalue weighted by molar-refractivity contribution is 0.299. The molecular weight excluding hydrogens is 420 g/mol. The Morgan fingerprint density at radius 1 is 0.484 bits per heavy atom. The summed E-state index contributed by atoms with van der Waals surface area (Å²) in [6, 6.07) is 14.1. The van der Waals surface area contributed by atoms with Crippen LogP contribution in [0.3, 0.4) is 0 Å². The molecule has 31 heavy (non-hydrogen) atoms. The molecule has 0 spiro atoms. The summed E-state index contributed by atoms with van der Waals surface area (Å²) in [6.45, 7) is 1.69. The number of rotatable bonds is 0. The van der Waals surface area contributed by atoms with Crippen molar-refractivity contribution in [1.82, 2.24) is 0 Å². The summed E-state index contributed by atoms with van der Waals surface area (Å²) in [6.07, 6.45) is 13.6. The van der Waals surface area contributed by atoms with Crippen LogP contribution in [0.25, 0.3) is 0 Å². The average Bonchev–Trinajstić information content (AvgIpc) is 2.70. The van der Waals surface area contributed by atoms with Gasteiger partial charge in [0.2, 0.25) is 0 Å². The van der Waals surface area contributed by atoms with Crippen LogP contribution in [0.5, 0.6) is 11.5 Å². The van der Waals surface area contributed by atoms with E-state index in [1.165, 1.54) is 54.4 Å². The Balaban J connectivity index is 1.63. The zero-order chi connectivity index (χ0) is 21.5. The van der Waals surface area contributed by atoms with Gasteiger partial charge in [-0.1, -0.05) is 32.1 Å². The Labute approximate surface area is 194 Å². The third-order valence-electron chi connectivity index (χ3n) is 6.03.